The first-order chi connectivity index (χ1) is 7.91. The number of carbonyl (C=O) groups is 3. The average Bonchev–Trinajstić information content (AvgIpc) is 2.62. The minimum absolute atomic E-state index is 0.0146. The van der Waals surface area contributed by atoms with E-state index in [9.17, 15) is 14.4 Å². The minimum atomic E-state index is -1.36. The maximum absolute atomic E-state index is 11.6. The van der Waals surface area contributed by atoms with Crippen LogP contribution in [0.2, 0.25) is 0 Å². The van der Waals surface area contributed by atoms with E-state index in [0.29, 0.717) is 5.56 Å². The van der Waals surface area contributed by atoms with E-state index in [1.165, 1.54) is 6.26 Å². The second-order valence-corrected chi connectivity index (χ2v) is 3.47. The topological polar surface area (TPSA) is 123 Å². The Morgan fingerprint density at radius 2 is 2.18 bits per heavy atom. The van der Waals surface area contributed by atoms with E-state index in [-0.39, 0.29) is 5.76 Å². The molecule has 0 bridgehead atoms. The third-order valence-corrected chi connectivity index (χ3v) is 2.08. The van der Waals surface area contributed by atoms with Gasteiger partial charge in [0, 0.05) is 5.56 Å². The van der Waals surface area contributed by atoms with Crippen LogP contribution in [0, 0.1) is 6.92 Å². The monoisotopic (exact) mass is 240 g/mol. The summed E-state index contributed by atoms with van der Waals surface area (Å²) in [6, 6.07) is 0.211. The lowest BCUT2D eigenvalue weighted by Crippen LogP contribution is -2.43. The van der Waals surface area contributed by atoms with Crippen LogP contribution >= 0.6 is 0 Å². The number of furan rings is 1. The van der Waals surface area contributed by atoms with Gasteiger partial charge in [-0.25, -0.2) is 4.79 Å². The van der Waals surface area contributed by atoms with Gasteiger partial charge in [0.05, 0.1) is 12.7 Å². The zero-order valence-electron chi connectivity index (χ0n) is 9.10. The predicted octanol–water partition coefficient (Wildman–Crippen LogP) is -0.354. The lowest BCUT2D eigenvalue weighted by atomic mass is 10.2. The van der Waals surface area contributed by atoms with Gasteiger partial charge in [-0.15, -0.1) is 0 Å². The first-order valence-electron chi connectivity index (χ1n) is 4.78. The first kappa shape index (κ1) is 12.8. The number of nitrogens with one attached hydrogen (secondary N) is 1. The molecule has 0 spiro atoms. The highest BCUT2D eigenvalue weighted by atomic mass is 16.4. The molecule has 0 unspecified atom stereocenters. The van der Waals surface area contributed by atoms with Gasteiger partial charge in [-0.2, -0.15) is 0 Å². The third-order valence-electron chi connectivity index (χ3n) is 2.08. The Hall–Kier alpha value is -2.31. The SMILES string of the molecule is Cc1ccoc1C(=O)N[C@@H](CC(N)=O)C(=O)O. The molecule has 7 nitrogen and oxygen atoms in total. The van der Waals surface area contributed by atoms with E-state index in [0.717, 1.165) is 0 Å². The van der Waals surface area contributed by atoms with E-state index in [1.807, 2.05) is 0 Å². The van der Waals surface area contributed by atoms with Crippen molar-refractivity contribution in [2.45, 2.75) is 19.4 Å². The number of carboxylic acids is 1. The van der Waals surface area contributed by atoms with E-state index in [4.69, 9.17) is 15.3 Å². The highest BCUT2D eigenvalue weighted by molar-refractivity contribution is 5.96. The number of nitrogens with two attached hydrogens (primary N) is 1. The molecule has 0 aliphatic heterocycles. The molecule has 0 saturated heterocycles. The molecule has 1 rings (SSSR count). The molecule has 0 aliphatic rings. The van der Waals surface area contributed by atoms with Crippen LogP contribution in [-0.2, 0) is 9.59 Å². The number of aliphatic carboxylic acids is 1. The molecule has 7 heteroatoms. The van der Waals surface area contributed by atoms with Crippen LogP contribution in [-0.4, -0.2) is 28.9 Å². The van der Waals surface area contributed by atoms with Crippen LogP contribution in [0.3, 0.4) is 0 Å². The summed E-state index contributed by atoms with van der Waals surface area (Å²) in [7, 11) is 0. The summed E-state index contributed by atoms with van der Waals surface area (Å²) >= 11 is 0. The maximum atomic E-state index is 11.6. The normalized spacial score (nSPS) is 11.8. The molecular weight excluding hydrogens is 228 g/mol. The van der Waals surface area contributed by atoms with Gasteiger partial charge in [-0.3, -0.25) is 9.59 Å². The number of carboxylic acid groups (broad SMARTS) is 1. The smallest absolute Gasteiger partial charge is 0.326 e. The second kappa shape index (κ2) is 5.15. The number of carbonyl (C=O) groups excluding carboxylic acids is 2. The van der Waals surface area contributed by atoms with Gasteiger partial charge in [0.25, 0.3) is 5.91 Å². The molecule has 0 fully saturated rings. The fraction of sp³-hybridized carbons (Fsp3) is 0.300. The highest BCUT2D eigenvalue weighted by Crippen LogP contribution is 2.08. The molecule has 17 heavy (non-hydrogen) atoms. The van der Waals surface area contributed by atoms with Crippen LogP contribution in [0.1, 0.15) is 22.5 Å². The molecule has 0 saturated carbocycles. The predicted molar refractivity (Wildman–Crippen MR) is 56.1 cm³/mol. The molecule has 0 aromatic carbocycles. The van der Waals surface area contributed by atoms with Gasteiger partial charge < -0.3 is 20.6 Å². The van der Waals surface area contributed by atoms with Gasteiger partial charge in [0.2, 0.25) is 5.91 Å². The van der Waals surface area contributed by atoms with Crippen LogP contribution in [0.5, 0.6) is 0 Å². The van der Waals surface area contributed by atoms with Gasteiger partial charge in [0.15, 0.2) is 5.76 Å². The Morgan fingerprint density at radius 3 is 2.59 bits per heavy atom. The fourth-order valence-corrected chi connectivity index (χ4v) is 1.23. The van der Waals surface area contributed by atoms with Crippen molar-refractivity contribution in [1.29, 1.82) is 0 Å². The van der Waals surface area contributed by atoms with Crippen molar-refractivity contribution < 1.29 is 23.9 Å². The number of rotatable bonds is 5. The van der Waals surface area contributed by atoms with Crippen molar-refractivity contribution >= 4 is 17.8 Å². The Labute approximate surface area is 96.6 Å². The molecule has 1 heterocycles. The largest absolute Gasteiger partial charge is 0.480 e. The van der Waals surface area contributed by atoms with Crippen molar-refractivity contribution in [2.24, 2.45) is 5.73 Å². The quantitative estimate of drug-likeness (QED) is 0.649. The Balaban J connectivity index is 2.74. The summed E-state index contributed by atoms with van der Waals surface area (Å²) in [6.45, 7) is 1.64. The maximum Gasteiger partial charge on any atom is 0.326 e. The molecule has 2 amide bonds. The van der Waals surface area contributed by atoms with Crippen molar-refractivity contribution in [3.8, 4) is 0 Å². The minimum Gasteiger partial charge on any atom is -0.480 e. The van der Waals surface area contributed by atoms with Gasteiger partial charge in [-0.1, -0.05) is 0 Å². The lowest BCUT2D eigenvalue weighted by molar-refractivity contribution is -0.140. The Bertz CT molecular complexity index is 451. The zero-order valence-corrected chi connectivity index (χ0v) is 9.10. The number of aryl methyl sites for hydroxylation is 1. The summed E-state index contributed by atoms with van der Waals surface area (Å²) < 4.78 is 4.89. The molecule has 1 aromatic heterocycles. The average molecular weight is 240 g/mol. The number of amides is 2. The third kappa shape index (κ3) is 3.33. The van der Waals surface area contributed by atoms with E-state index >= 15 is 0 Å². The second-order valence-electron chi connectivity index (χ2n) is 3.47. The number of primary amides is 1. The van der Waals surface area contributed by atoms with Crippen molar-refractivity contribution in [3.63, 3.8) is 0 Å². The highest BCUT2D eigenvalue weighted by Gasteiger charge is 2.24. The van der Waals surface area contributed by atoms with Crippen molar-refractivity contribution in [3.05, 3.63) is 23.7 Å². The van der Waals surface area contributed by atoms with E-state index < -0.39 is 30.2 Å². The van der Waals surface area contributed by atoms with Crippen molar-refractivity contribution in [1.82, 2.24) is 5.32 Å². The van der Waals surface area contributed by atoms with Crippen LogP contribution in [0.4, 0.5) is 0 Å². The molecule has 4 N–H and O–H groups in total. The molecule has 1 aromatic rings. The number of hydrogen-bond acceptors (Lipinski definition) is 4. The van der Waals surface area contributed by atoms with E-state index in [2.05, 4.69) is 5.32 Å². The Morgan fingerprint density at radius 1 is 1.53 bits per heavy atom. The lowest BCUT2D eigenvalue weighted by Gasteiger charge is -2.11. The first-order valence-corrected chi connectivity index (χ1v) is 4.78. The van der Waals surface area contributed by atoms with Gasteiger partial charge >= 0.3 is 5.97 Å². The molecule has 1 atom stereocenters. The summed E-state index contributed by atoms with van der Waals surface area (Å²) in [6.07, 6.45) is 0.842. The standard InChI is InChI=1S/C10H12N2O5/c1-5-2-3-17-8(5)9(14)12-6(10(15)16)4-7(11)13/h2-3,6H,4H2,1H3,(H2,11,13)(H,12,14)(H,15,16)/t6-/m0/s1. The van der Waals surface area contributed by atoms with Crippen LogP contribution in [0.25, 0.3) is 0 Å². The molecule has 0 aliphatic carbocycles. The fourth-order valence-electron chi connectivity index (χ4n) is 1.23. The molecular formula is C10H12N2O5. The van der Waals surface area contributed by atoms with E-state index in [1.54, 1.807) is 13.0 Å². The zero-order chi connectivity index (χ0) is 13.0. The van der Waals surface area contributed by atoms with Crippen LogP contribution in [0.15, 0.2) is 16.7 Å². The summed E-state index contributed by atoms with van der Waals surface area (Å²) in [5, 5.41) is 10.9. The molecule has 92 valence electrons. The van der Waals surface area contributed by atoms with Gasteiger partial charge in [-0.05, 0) is 13.0 Å². The molecule has 0 radical (unpaired) electrons. The Kier molecular flexibility index (Phi) is 3.86. The summed E-state index contributed by atoms with van der Waals surface area (Å²) in [5.41, 5.74) is 5.45. The van der Waals surface area contributed by atoms with Gasteiger partial charge in [0.1, 0.15) is 6.04 Å². The van der Waals surface area contributed by atoms with Crippen LogP contribution < -0.4 is 11.1 Å². The summed E-state index contributed by atoms with van der Waals surface area (Å²) in [4.78, 5) is 33.0. The number of hydrogen-bond donors (Lipinski definition) is 3. The summed E-state index contributed by atoms with van der Waals surface area (Å²) in [5.74, 6) is -2.82. The van der Waals surface area contributed by atoms with Crippen molar-refractivity contribution in [2.75, 3.05) is 0 Å².